The number of hydrogen-bond donors (Lipinski definition) is 3. The number of unbranched alkanes of at least 4 members (excludes halogenated alkanes) is 3. The zero-order chi connectivity index (χ0) is 12.2. The number of imide groups is 1. The Morgan fingerprint density at radius 3 is 2.50 bits per heavy atom. The third kappa shape index (κ3) is 10.2. The summed E-state index contributed by atoms with van der Waals surface area (Å²) in [6.45, 7) is 0.981. The van der Waals surface area contributed by atoms with E-state index in [2.05, 4.69) is 10.3 Å². The van der Waals surface area contributed by atoms with E-state index < -0.39 is 12.1 Å². The summed E-state index contributed by atoms with van der Waals surface area (Å²) in [5.74, 6) is 0. The Balaban J connectivity index is 3.23. The van der Waals surface area contributed by atoms with E-state index in [9.17, 15) is 14.4 Å². The molecule has 0 unspecified atom stereocenters. The quantitative estimate of drug-likeness (QED) is 0.330. The van der Waals surface area contributed by atoms with Crippen LogP contribution in [0.4, 0.5) is 9.59 Å². The average Bonchev–Trinajstić information content (AvgIpc) is 2.21. The first-order chi connectivity index (χ1) is 7.66. The Kier molecular flexibility index (Phi) is 8.53. The number of aliphatic imine (C=N–C) groups is 1. The van der Waals surface area contributed by atoms with Crippen molar-refractivity contribution in [2.24, 2.45) is 10.7 Å². The van der Waals surface area contributed by atoms with Gasteiger partial charge in [-0.1, -0.05) is 12.8 Å². The highest BCUT2D eigenvalue weighted by molar-refractivity contribution is 5.92. The lowest BCUT2D eigenvalue weighted by atomic mass is 10.2. The second-order valence-electron chi connectivity index (χ2n) is 3.13. The maximum absolute atomic E-state index is 10.8. The van der Waals surface area contributed by atoms with Crippen molar-refractivity contribution in [3.8, 4) is 0 Å². The molecular weight excluding hydrogens is 212 g/mol. The molecule has 0 radical (unpaired) electrons. The van der Waals surface area contributed by atoms with Gasteiger partial charge in [-0.3, -0.25) is 5.32 Å². The molecule has 0 bridgehead atoms. The molecule has 0 aromatic rings. The van der Waals surface area contributed by atoms with Crippen LogP contribution >= 0.6 is 0 Å². The van der Waals surface area contributed by atoms with E-state index in [4.69, 9.17) is 5.73 Å². The van der Waals surface area contributed by atoms with Gasteiger partial charge >= 0.3 is 12.1 Å². The van der Waals surface area contributed by atoms with Crippen LogP contribution in [-0.4, -0.2) is 31.2 Å². The number of carbonyl (C=O) groups is 2. The fraction of sp³-hybridized carbons (Fsp3) is 0.667. The van der Waals surface area contributed by atoms with Gasteiger partial charge in [0, 0.05) is 6.54 Å². The molecule has 0 atom stereocenters. The fourth-order valence-corrected chi connectivity index (χ4v) is 1.07. The maximum atomic E-state index is 10.8. The number of hydrogen-bond acceptors (Lipinski definition) is 4. The Hall–Kier alpha value is -1.88. The van der Waals surface area contributed by atoms with Gasteiger partial charge in [0.1, 0.15) is 0 Å². The molecule has 0 saturated carbocycles. The van der Waals surface area contributed by atoms with Crippen molar-refractivity contribution >= 4 is 18.1 Å². The minimum absolute atomic E-state index is 0.482. The van der Waals surface area contributed by atoms with Gasteiger partial charge in [0.15, 0.2) is 0 Å². The maximum Gasteiger partial charge on any atom is 0.322 e. The number of urea groups is 2. The third-order valence-corrected chi connectivity index (χ3v) is 1.78. The molecular formula is C9H16N4O3. The molecule has 4 N–H and O–H groups in total. The second kappa shape index (κ2) is 9.67. The Labute approximate surface area is 93.5 Å². The predicted octanol–water partition coefficient (Wildman–Crippen LogP) is 0.260. The van der Waals surface area contributed by atoms with E-state index >= 15 is 0 Å². The Morgan fingerprint density at radius 2 is 1.88 bits per heavy atom. The molecule has 0 saturated heterocycles. The number of amides is 4. The first-order valence-electron chi connectivity index (χ1n) is 5.04. The molecule has 0 aliphatic rings. The van der Waals surface area contributed by atoms with Gasteiger partial charge in [0.05, 0.1) is 6.54 Å². The topological polar surface area (TPSA) is 114 Å². The Bertz CT molecular complexity index is 274. The SMILES string of the molecule is NC(=O)NC(=O)NCCCCCCN=C=O. The van der Waals surface area contributed by atoms with Crippen molar-refractivity contribution in [3.05, 3.63) is 0 Å². The van der Waals surface area contributed by atoms with Crippen molar-refractivity contribution in [2.45, 2.75) is 25.7 Å². The lowest BCUT2D eigenvalue weighted by molar-refractivity contribution is 0.231. The van der Waals surface area contributed by atoms with E-state index in [1.807, 2.05) is 5.32 Å². The summed E-state index contributed by atoms with van der Waals surface area (Å²) in [7, 11) is 0. The molecule has 0 aromatic carbocycles. The van der Waals surface area contributed by atoms with Crippen molar-refractivity contribution in [2.75, 3.05) is 13.1 Å². The van der Waals surface area contributed by atoms with Crippen LogP contribution in [0.3, 0.4) is 0 Å². The molecule has 0 aliphatic carbocycles. The normalized spacial score (nSPS) is 9.00. The molecule has 4 amide bonds. The van der Waals surface area contributed by atoms with Crippen LogP contribution in [0, 0.1) is 0 Å². The summed E-state index contributed by atoms with van der Waals surface area (Å²) in [4.78, 5) is 34.2. The van der Waals surface area contributed by atoms with Crippen LogP contribution in [0.15, 0.2) is 4.99 Å². The van der Waals surface area contributed by atoms with E-state index in [1.54, 1.807) is 0 Å². The molecule has 0 fully saturated rings. The molecule has 90 valence electrons. The number of carbonyl (C=O) groups excluding carboxylic acids is 3. The van der Waals surface area contributed by atoms with Crippen molar-refractivity contribution in [3.63, 3.8) is 0 Å². The van der Waals surface area contributed by atoms with E-state index in [0.717, 1.165) is 25.7 Å². The van der Waals surface area contributed by atoms with Crippen LogP contribution in [0.25, 0.3) is 0 Å². The minimum atomic E-state index is -0.871. The number of nitrogens with two attached hydrogens (primary N) is 1. The van der Waals surface area contributed by atoms with Crippen LogP contribution < -0.4 is 16.4 Å². The molecule has 0 spiro atoms. The number of nitrogens with one attached hydrogen (secondary N) is 2. The highest BCUT2D eigenvalue weighted by Crippen LogP contribution is 1.98. The van der Waals surface area contributed by atoms with Crippen LogP contribution in [0.5, 0.6) is 0 Å². The molecule has 0 aromatic heterocycles. The van der Waals surface area contributed by atoms with E-state index in [1.165, 1.54) is 6.08 Å². The number of nitrogens with zero attached hydrogens (tertiary/aromatic N) is 1. The summed E-state index contributed by atoms with van der Waals surface area (Å²) in [5, 5.41) is 4.37. The minimum Gasteiger partial charge on any atom is -0.351 e. The van der Waals surface area contributed by atoms with Gasteiger partial charge in [-0.15, -0.1) is 0 Å². The molecule has 0 aliphatic heterocycles. The predicted molar refractivity (Wildman–Crippen MR) is 57.6 cm³/mol. The smallest absolute Gasteiger partial charge is 0.322 e. The van der Waals surface area contributed by atoms with Crippen molar-refractivity contribution < 1.29 is 14.4 Å². The summed E-state index contributed by atoms with van der Waals surface area (Å²) in [6.07, 6.45) is 4.96. The summed E-state index contributed by atoms with van der Waals surface area (Å²) in [6, 6.07) is -1.46. The van der Waals surface area contributed by atoms with Gasteiger partial charge < -0.3 is 11.1 Å². The standard InChI is InChI=1S/C9H16N4O3/c10-8(15)13-9(16)12-6-4-2-1-3-5-11-7-14/h1-6H2,(H4,10,12,13,15,16). The lowest BCUT2D eigenvalue weighted by Crippen LogP contribution is -2.42. The average molecular weight is 228 g/mol. The molecule has 7 nitrogen and oxygen atoms in total. The zero-order valence-electron chi connectivity index (χ0n) is 8.99. The van der Waals surface area contributed by atoms with Gasteiger partial charge in [-0.25, -0.2) is 19.4 Å². The summed E-state index contributed by atoms with van der Waals surface area (Å²) >= 11 is 0. The van der Waals surface area contributed by atoms with E-state index in [0.29, 0.717) is 13.1 Å². The number of primary amides is 1. The summed E-state index contributed by atoms with van der Waals surface area (Å²) < 4.78 is 0. The summed E-state index contributed by atoms with van der Waals surface area (Å²) in [5.41, 5.74) is 4.74. The molecule has 16 heavy (non-hydrogen) atoms. The Morgan fingerprint density at radius 1 is 1.19 bits per heavy atom. The first kappa shape index (κ1) is 14.1. The highest BCUT2D eigenvalue weighted by atomic mass is 16.2. The largest absolute Gasteiger partial charge is 0.351 e. The molecule has 7 heteroatoms. The fourth-order valence-electron chi connectivity index (χ4n) is 1.07. The highest BCUT2D eigenvalue weighted by Gasteiger charge is 2.00. The molecule has 0 rings (SSSR count). The van der Waals surface area contributed by atoms with Crippen LogP contribution in [0.1, 0.15) is 25.7 Å². The second-order valence-corrected chi connectivity index (χ2v) is 3.13. The van der Waals surface area contributed by atoms with Gasteiger partial charge in [-0.2, -0.15) is 0 Å². The third-order valence-electron chi connectivity index (χ3n) is 1.78. The zero-order valence-corrected chi connectivity index (χ0v) is 8.99. The molecule has 0 heterocycles. The van der Waals surface area contributed by atoms with Gasteiger partial charge in [0.25, 0.3) is 0 Å². The first-order valence-corrected chi connectivity index (χ1v) is 5.04. The number of isocyanates is 1. The number of rotatable bonds is 7. The van der Waals surface area contributed by atoms with Crippen LogP contribution in [0.2, 0.25) is 0 Å². The van der Waals surface area contributed by atoms with Crippen molar-refractivity contribution in [1.29, 1.82) is 0 Å². The van der Waals surface area contributed by atoms with Crippen LogP contribution in [-0.2, 0) is 4.79 Å². The lowest BCUT2D eigenvalue weighted by Gasteiger charge is -2.04. The monoisotopic (exact) mass is 228 g/mol. The van der Waals surface area contributed by atoms with Gasteiger partial charge in [0.2, 0.25) is 6.08 Å². The van der Waals surface area contributed by atoms with E-state index in [-0.39, 0.29) is 0 Å². The van der Waals surface area contributed by atoms with Gasteiger partial charge in [-0.05, 0) is 12.8 Å². The van der Waals surface area contributed by atoms with Crippen molar-refractivity contribution in [1.82, 2.24) is 10.6 Å².